The summed E-state index contributed by atoms with van der Waals surface area (Å²) in [6.07, 6.45) is 10.3. The SMILES string of the molecule is C[C@@H](O)[C@H]1C(=O)N2C(C(=O)Cl)=C(S[C@@H]3CN[C@H](/C=C\c4cn5c[n+](CCF)cc5s4)C3)[C@H](C)[C@H]12. The fourth-order valence-electron chi connectivity index (χ4n) is 5.24. The number of hydrogen-bond acceptors (Lipinski definition) is 6. The second-order valence-corrected chi connectivity index (χ2v) is 11.9. The fourth-order valence-corrected chi connectivity index (χ4v) is 7.93. The quantitative estimate of drug-likeness (QED) is 0.315. The van der Waals surface area contributed by atoms with Gasteiger partial charge in [-0.05, 0) is 31.0 Å². The summed E-state index contributed by atoms with van der Waals surface area (Å²) >= 11 is 9.18. The Morgan fingerprint density at radius 2 is 2.32 bits per heavy atom. The molecule has 0 unspecified atom stereocenters. The van der Waals surface area contributed by atoms with Crippen LogP contribution in [-0.2, 0) is 16.1 Å². The van der Waals surface area contributed by atoms with Crippen LogP contribution in [0.15, 0.2) is 35.4 Å². The molecule has 0 bridgehead atoms. The van der Waals surface area contributed by atoms with Crippen molar-refractivity contribution >= 4 is 56.8 Å². The van der Waals surface area contributed by atoms with E-state index in [-0.39, 0.29) is 35.8 Å². The number of nitrogens with zero attached hydrogens (tertiary/aromatic N) is 3. The molecule has 182 valence electrons. The van der Waals surface area contributed by atoms with E-state index in [2.05, 4.69) is 17.5 Å². The first-order valence-electron chi connectivity index (χ1n) is 11.4. The number of aryl methyl sites for hydroxylation is 1. The van der Waals surface area contributed by atoms with Crippen LogP contribution in [0.25, 0.3) is 10.9 Å². The van der Waals surface area contributed by atoms with Gasteiger partial charge in [-0.1, -0.05) is 24.3 Å². The maximum absolute atomic E-state index is 12.6. The van der Waals surface area contributed by atoms with Crippen molar-refractivity contribution in [1.82, 2.24) is 14.6 Å². The van der Waals surface area contributed by atoms with Gasteiger partial charge in [-0.2, -0.15) is 4.40 Å². The molecule has 0 spiro atoms. The highest BCUT2D eigenvalue weighted by atomic mass is 35.5. The third-order valence-corrected chi connectivity index (χ3v) is 9.53. The minimum absolute atomic E-state index is 0.0374. The summed E-state index contributed by atoms with van der Waals surface area (Å²) in [7, 11) is 0. The van der Waals surface area contributed by atoms with E-state index in [4.69, 9.17) is 11.6 Å². The summed E-state index contributed by atoms with van der Waals surface area (Å²) in [5.74, 6) is -0.746. The molecule has 3 aliphatic heterocycles. The number of hydrogen-bond donors (Lipinski definition) is 2. The van der Waals surface area contributed by atoms with Gasteiger partial charge in [-0.15, -0.1) is 11.8 Å². The van der Waals surface area contributed by atoms with Gasteiger partial charge in [0.2, 0.25) is 17.1 Å². The Bertz CT molecular complexity index is 1160. The van der Waals surface area contributed by atoms with E-state index >= 15 is 0 Å². The maximum atomic E-state index is 12.6. The predicted molar refractivity (Wildman–Crippen MR) is 131 cm³/mol. The van der Waals surface area contributed by atoms with Crippen LogP contribution in [0.4, 0.5) is 4.39 Å². The van der Waals surface area contributed by atoms with Crippen LogP contribution in [0.5, 0.6) is 0 Å². The number of thiazole rings is 1. The second kappa shape index (κ2) is 9.39. The van der Waals surface area contributed by atoms with Gasteiger partial charge >= 0.3 is 0 Å². The molecule has 3 aliphatic rings. The first kappa shape index (κ1) is 24.0. The van der Waals surface area contributed by atoms with Gasteiger partial charge in [0.15, 0.2) is 0 Å². The molecular weight excluding hydrogens is 499 g/mol. The highest BCUT2D eigenvalue weighted by molar-refractivity contribution is 8.03. The Kier molecular flexibility index (Phi) is 6.62. The van der Waals surface area contributed by atoms with Gasteiger partial charge in [0.05, 0.1) is 22.9 Å². The van der Waals surface area contributed by atoms with Crippen molar-refractivity contribution in [2.45, 2.75) is 50.3 Å². The average Bonchev–Trinajstić information content (AvgIpc) is 3.50. The maximum Gasteiger partial charge on any atom is 0.269 e. The van der Waals surface area contributed by atoms with E-state index in [0.717, 1.165) is 27.6 Å². The van der Waals surface area contributed by atoms with E-state index in [1.165, 1.54) is 4.90 Å². The summed E-state index contributed by atoms with van der Waals surface area (Å²) < 4.78 is 16.4. The molecule has 0 saturated carbocycles. The summed E-state index contributed by atoms with van der Waals surface area (Å²) in [6.45, 7) is 4.39. The zero-order valence-electron chi connectivity index (χ0n) is 18.9. The molecule has 1 amide bonds. The Morgan fingerprint density at radius 1 is 1.53 bits per heavy atom. The lowest BCUT2D eigenvalue weighted by atomic mass is 9.79. The number of imidazole rings is 1. The number of aliphatic hydroxyl groups excluding tert-OH is 1. The van der Waals surface area contributed by atoms with Crippen molar-refractivity contribution in [3.63, 3.8) is 0 Å². The minimum Gasteiger partial charge on any atom is -0.393 e. The molecule has 2 N–H and O–H groups in total. The predicted octanol–water partition coefficient (Wildman–Crippen LogP) is 2.57. The number of aromatic nitrogens is 2. The molecule has 0 aromatic carbocycles. The average molecular weight is 526 g/mol. The third kappa shape index (κ3) is 4.13. The number of aliphatic hydroxyl groups is 1. The van der Waals surface area contributed by atoms with Crippen molar-refractivity contribution in [3.05, 3.63) is 40.3 Å². The van der Waals surface area contributed by atoms with Crippen LogP contribution in [0, 0.1) is 11.8 Å². The van der Waals surface area contributed by atoms with Gasteiger partial charge < -0.3 is 15.3 Å². The third-order valence-electron chi connectivity index (χ3n) is 6.84. The monoisotopic (exact) mass is 525 g/mol. The van der Waals surface area contributed by atoms with Crippen molar-refractivity contribution < 1.29 is 23.7 Å². The van der Waals surface area contributed by atoms with E-state index < -0.39 is 17.3 Å². The van der Waals surface area contributed by atoms with E-state index in [1.54, 1.807) is 30.0 Å². The number of β-lactam (4-membered cyclic amide) rings is 1. The molecule has 2 fully saturated rings. The van der Waals surface area contributed by atoms with Crippen LogP contribution in [0.1, 0.15) is 25.1 Å². The molecule has 11 heteroatoms. The minimum atomic E-state index is -0.756. The molecule has 5 rings (SSSR count). The zero-order chi connectivity index (χ0) is 24.1. The number of fused-ring (bicyclic) bond motifs is 2. The second-order valence-electron chi connectivity index (χ2n) is 9.14. The van der Waals surface area contributed by atoms with Gasteiger partial charge in [0.25, 0.3) is 5.24 Å². The molecule has 0 radical (unpaired) electrons. The first-order chi connectivity index (χ1) is 16.3. The number of halogens is 2. The van der Waals surface area contributed by atoms with Gasteiger partial charge in [-0.25, -0.2) is 8.96 Å². The molecule has 2 aromatic rings. The Labute approximate surface area is 210 Å². The Balaban J connectivity index is 1.24. The lowest BCUT2D eigenvalue weighted by Crippen LogP contribution is -2.63. The topological polar surface area (TPSA) is 77.9 Å². The molecule has 0 aliphatic carbocycles. The van der Waals surface area contributed by atoms with Crippen LogP contribution >= 0.6 is 34.7 Å². The van der Waals surface area contributed by atoms with Crippen LogP contribution in [0.3, 0.4) is 0 Å². The van der Waals surface area contributed by atoms with Gasteiger partial charge in [0, 0.05) is 28.7 Å². The van der Waals surface area contributed by atoms with E-state index in [0.29, 0.717) is 12.2 Å². The molecule has 2 aromatic heterocycles. The van der Waals surface area contributed by atoms with Crippen LogP contribution in [-0.4, -0.2) is 62.2 Å². The highest BCUT2D eigenvalue weighted by Crippen LogP contribution is 2.52. The lowest BCUT2D eigenvalue weighted by Gasteiger charge is -2.46. The van der Waals surface area contributed by atoms with E-state index in [1.807, 2.05) is 34.6 Å². The van der Waals surface area contributed by atoms with E-state index in [9.17, 15) is 19.1 Å². The Hall–Kier alpha value is -1.72. The lowest BCUT2D eigenvalue weighted by molar-refractivity contribution is -0.695. The number of amides is 1. The Morgan fingerprint density at radius 3 is 3.00 bits per heavy atom. The fraction of sp³-hybridized carbons (Fsp3) is 0.522. The molecule has 6 atom stereocenters. The molecule has 2 saturated heterocycles. The summed E-state index contributed by atoms with van der Waals surface area (Å²) in [5.41, 5.74) is 0.296. The summed E-state index contributed by atoms with van der Waals surface area (Å²) in [4.78, 5) is 29.3. The first-order valence-corrected chi connectivity index (χ1v) is 13.5. The largest absolute Gasteiger partial charge is 0.393 e. The van der Waals surface area contributed by atoms with Crippen molar-refractivity contribution in [3.8, 4) is 0 Å². The van der Waals surface area contributed by atoms with Gasteiger partial charge in [-0.3, -0.25) is 9.59 Å². The zero-order valence-corrected chi connectivity index (χ0v) is 21.2. The molecule has 5 heterocycles. The normalized spacial score (nSPS) is 30.0. The number of allylic oxidation sites excluding steroid dienone is 1. The number of thioether (sulfide) groups is 1. The number of rotatable bonds is 8. The molecule has 34 heavy (non-hydrogen) atoms. The van der Waals surface area contributed by atoms with Crippen molar-refractivity contribution in [2.24, 2.45) is 11.8 Å². The standard InChI is InChI=1S/C23H27ClFN4O3S2/c1-12-19-18(13(2)30)23(32)29(19)20(22(24)31)21(12)34-16-7-14(26-8-16)3-4-15-9-28-11-27(6-5-25)10-17(28)33-15/h3-4,9-14,16,18-19,26,30H,5-8H2,1-2H3/q+1/b4-3-/t12-,13-,14-,16+,18-,19-/m1/s1. The summed E-state index contributed by atoms with van der Waals surface area (Å²) in [6, 6.07) is -0.00255. The smallest absolute Gasteiger partial charge is 0.269 e. The van der Waals surface area contributed by atoms with Crippen LogP contribution < -0.4 is 9.88 Å². The molecule has 7 nitrogen and oxygen atoms in total. The molecular formula is C23H27ClFN4O3S2+. The number of nitrogens with one attached hydrogen (secondary N) is 1. The highest BCUT2D eigenvalue weighted by Gasteiger charge is 2.59. The number of alkyl halides is 1. The number of carbonyl (C=O) groups is 2. The van der Waals surface area contributed by atoms with Crippen molar-refractivity contribution in [1.29, 1.82) is 0 Å². The van der Waals surface area contributed by atoms with Gasteiger partial charge in [0.1, 0.15) is 31.3 Å². The number of carbonyl (C=O) groups excluding carboxylic acids is 2. The van der Waals surface area contributed by atoms with Crippen LogP contribution in [0.2, 0.25) is 0 Å². The summed E-state index contributed by atoms with van der Waals surface area (Å²) in [5, 5.41) is 13.2. The van der Waals surface area contributed by atoms with Crippen molar-refractivity contribution in [2.75, 3.05) is 13.2 Å².